The van der Waals surface area contributed by atoms with Crippen LogP contribution in [0.4, 0.5) is 11.4 Å². The van der Waals surface area contributed by atoms with E-state index in [4.69, 9.17) is 5.73 Å². The van der Waals surface area contributed by atoms with Crippen LogP contribution in [0, 0.1) is 19.8 Å². The van der Waals surface area contributed by atoms with E-state index < -0.39 is 0 Å². The first-order valence-electron chi connectivity index (χ1n) is 6.26. The highest BCUT2D eigenvalue weighted by Gasteiger charge is 2.23. The Morgan fingerprint density at radius 1 is 1.29 bits per heavy atom. The van der Waals surface area contributed by atoms with Crippen LogP contribution >= 0.6 is 0 Å². The Balaban J connectivity index is 2.17. The predicted molar refractivity (Wildman–Crippen MR) is 70.9 cm³/mol. The van der Waals surface area contributed by atoms with Gasteiger partial charge in [-0.25, -0.2) is 0 Å². The second kappa shape index (κ2) is 4.78. The second-order valence-electron chi connectivity index (χ2n) is 4.94. The van der Waals surface area contributed by atoms with Crippen molar-refractivity contribution in [3.63, 3.8) is 0 Å². The van der Waals surface area contributed by atoms with Gasteiger partial charge in [-0.2, -0.15) is 0 Å². The molecule has 1 fully saturated rings. The van der Waals surface area contributed by atoms with E-state index in [0.717, 1.165) is 35.3 Å². The van der Waals surface area contributed by atoms with Crippen LogP contribution in [0.5, 0.6) is 0 Å². The quantitative estimate of drug-likeness (QED) is 0.770. The number of anilines is 2. The van der Waals surface area contributed by atoms with Crippen molar-refractivity contribution in [3.05, 3.63) is 23.3 Å². The number of benzene rings is 1. The fourth-order valence-corrected chi connectivity index (χ4v) is 2.47. The van der Waals surface area contributed by atoms with Crippen LogP contribution in [0.25, 0.3) is 0 Å². The van der Waals surface area contributed by atoms with Crippen molar-refractivity contribution in [2.75, 3.05) is 11.1 Å². The van der Waals surface area contributed by atoms with Gasteiger partial charge < -0.3 is 11.1 Å². The standard InChI is InChI=1S/C14H20N2O/c1-9-7-8-12(15)10(2)13(9)16-14(17)11-5-3-4-6-11/h7-8,11H,3-6,15H2,1-2H3,(H,16,17). The van der Waals surface area contributed by atoms with E-state index in [9.17, 15) is 4.79 Å². The summed E-state index contributed by atoms with van der Waals surface area (Å²) in [6.45, 7) is 3.95. The monoisotopic (exact) mass is 232 g/mol. The Bertz CT molecular complexity index is 434. The number of amides is 1. The SMILES string of the molecule is Cc1ccc(N)c(C)c1NC(=O)C1CCCC1. The molecule has 0 bridgehead atoms. The molecule has 3 nitrogen and oxygen atoms in total. The highest BCUT2D eigenvalue weighted by atomic mass is 16.1. The van der Waals surface area contributed by atoms with Crippen molar-refractivity contribution in [2.45, 2.75) is 39.5 Å². The zero-order chi connectivity index (χ0) is 12.4. The molecule has 0 aromatic heterocycles. The van der Waals surface area contributed by atoms with Crippen molar-refractivity contribution in [1.29, 1.82) is 0 Å². The van der Waals surface area contributed by atoms with Crippen LogP contribution in [0.2, 0.25) is 0 Å². The number of aryl methyl sites for hydroxylation is 1. The van der Waals surface area contributed by atoms with Crippen LogP contribution in [-0.2, 0) is 4.79 Å². The number of carbonyl (C=O) groups excluding carboxylic acids is 1. The number of hydrogen-bond acceptors (Lipinski definition) is 2. The molecule has 0 spiro atoms. The van der Waals surface area contributed by atoms with E-state index in [1.807, 2.05) is 26.0 Å². The van der Waals surface area contributed by atoms with E-state index in [0.29, 0.717) is 0 Å². The fraction of sp³-hybridized carbons (Fsp3) is 0.500. The molecule has 0 radical (unpaired) electrons. The second-order valence-corrected chi connectivity index (χ2v) is 4.94. The van der Waals surface area contributed by atoms with E-state index in [2.05, 4.69) is 5.32 Å². The maximum absolute atomic E-state index is 12.1. The first-order chi connectivity index (χ1) is 8.09. The zero-order valence-corrected chi connectivity index (χ0v) is 10.5. The Morgan fingerprint density at radius 3 is 2.59 bits per heavy atom. The van der Waals surface area contributed by atoms with Gasteiger partial charge in [-0.15, -0.1) is 0 Å². The third-order valence-electron chi connectivity index (χ3n) is 3.69. The molecule has 1 saturated carbocycles. The van der Waals surface area contributed by atoms with Crippen LogP contribution in [0.15, 0.2) is 12.1 Å². The minimum Gasteiger partial charge on any atom is -0.398 e. The highest BCUT2D eigenvalue weighted by Crippen LogP contribution is 2.29. The normalized spacial score (nSPS) is 16.1. The minimum absolute atomic E-state index is 0.152. The van der Waals surface area contributed by atoms with Crippen LogP contribution in [0.1, 0.15) is 36.8 Å². The first kappa shape index (κ1) is 12.0. The van der Waals surface area contributed by atoms with E-state index in [1.165, 1.54) is 12.8 Å². The summed E-state index contributed by atoms with van der Waals surface area (Å²) in [5.74, 6) is 0.342. The van der Waals surface area contributed by atoms with Crippen LogP contribution < -0.4 is 11.1 Å². The molecule has 3 heteroatoms. The molecule has 1 amide bonds. The first-order valence-corrected chi connectivity index (χ1v) is 6.26. The third-order valence-corrected chi connectivity index (χ3v) is 3.69. The molecule has 0 unspecified atom stereocenters. The minimum atomic E-state index is 0.152. The number of carbonyl (C=O) groups is 1. The largest absolute Gasteiger partial charge is 0.398 e. The molecule has 1 aliphatic rings. The maximum atomic E-state index is 12.1. The number of nitrogen functional groups attached to an aromatic ring is 1. The smallest absolute Gasteiger partial charge is 0.227 e. The number of rotatable bonds is 2. The van der Waals surface area contributed by atoms with Crippen molar-refractivity contribution in [1.82, 2.24) is 0 Å². The fourth-order valence-electron chi connectivity index (χ4n) is 2.47. The molecule has 1 aliphatic carbocycles. The van der Waals surface area contributed by atoms with Gasteiger partial charge in [-0.05, 0) is 43.9 Å². The molecular formula is C14H20N2O. The van der Waals surface area contributed by atoms with Gasteiger partial charge in [0.1, 0.15) is 0 Å². The molecule has 0 saturated heterocycles. The van der Waals surface area contributed by atoms with Gasteiger partial charge in [0.25, 0.3) is 0 Å². The lowest BCUT2D eigenvalue weighted by Crippen LogP contribution is -2.21. The third kappa shape index (κ3) is 2.43. The highest BCUT2D eigenvalue weighted by molar-refractivity contribution is 5.95. The van der Waals surface area contributed by atoms with Gasteiger partial charge in [-0.1, -0.05) is 18.9 Å². The van der Waals surface area contributed by atoms with Gasteiger partial charge in [-0.3, -0.25) is 4.79 Å². The molecule has 0 aliphatic heterocycles. The summed E-state index contributed by atoms with van der Waals surface area (Å²) in [4.78, 5) is 12.1. The summed E-state index contributed by atoms with van der Waals surface area (Å²) in [6.07, 6.45) is 4.39. The van der Waals surface area contributed by atoms with Crippen molar-refractivity contribution in [2.24, 2.45) is 5.92 Å². The summed E-state index contributed by atoms with van der Waals surface area (Å²) < 4.78 is 0. The van der Waals surface area contributed by atoms with Gasteiger partial charge in [0.15, 0.2) is 0 Å². The summed E-state index contributed by atoms with van der Waals surface area (Å²) in [6, 6.07) is 3.84. The Kier molecular flexibility index (Phi) is 3.36. The number of nitrogens with two attached hydrogens (primary N) is 1. The number of nitrogens with one attached hydrogen (secondary N) is 1. The molecule has 17 heavy (non-hydrogen) atoms. The lowest BCUT2D eigenvalue weighted by molar-refractivity contribution is -0.119. The molecule has 1 aromatic carbocycles. The lowest BCUT2D eigenvalue weighted by Gasteiger charge is -2.16. The lowest BCUT2D eigenvalue weighted by atomic mass is 10.0. The van der Waals surface area contributed by atoms with Crippen LogP contribution in [0.3, 0.4) is 0 Å². The van der Waals surface area contributed by atoms with E-state index in [-0.39, 0.29) is 11.8 Å². The number of hydrogen-bond donors (Lipinski definition) is 2. The molecule has 1 aromatic rings. The average Bonchev–Trinajstić information content (AvgIpc) is 2.83. The van der Waals surface area contributed by atoms with Gasteiger partial charge in [0, 0.05) is 17.3 Å². The topological polar surface area (TPSA) is 55.1 Å². The summed E-state index contributed by atoms with van der Waals surface area (Å²) in [5, 5.41) is 3.04. The maximum Gasteiger partial charge on any atom is 0.227 e. The Hall–Kier alpha value is -1.51. The van der Waals surface area contributed by atoms with Gasteiger partial charge >= 0.3 is 0 Å². The molecule has 3 N–H and O–H groups in total. The summed E-state index contributed by atoms with van der Waals surface area (Å²) >= 11 is 0. The molecule has 0 heterocycles. The van der Waals surface area contributed by atoms with Crippen molar-refractivity contribution >= 4 is 17.3 Å². The molecule has 2 rings (SSSR count). The van der Waals surface area contributed by atoms with Crippen molar-refractivity contribution < 1.29 is 4.79 Å². The molecule has 92 valence electrons. The van der Waals surface area contributed by atoms with Crippen molar-refractivity contribution in [3.8, 4) is 0 Å². The molecule has 0 atom stereocenters. The summed E-state index contributed by atoms with van der Waals surface area (Å²) in [5.41, 5.74) is 9.53. The van der Waals surface area contributed by atoms with Crippen LogP contribution in [-0.4, -0.2) is 5.91 Å². The van der Waals surface area contributed by atoms with Gasteiger partial charge in [0.05, 0.1) is 0 Å². The van der Waals surface area contributed by atoms with E-state index >= 15 is 0 Å². The summed E-state index contributed by atoms with van der Waals surface area (Å²) in [7, 11) is 0. The Morgan fingerprint density at radius 2 is 1.94 bits per heavy atom. The van der Waals surface area contributed by atoms with Gasteiger partial charge in [0.2, 0.25) is 5.91 Å². The average molecular weight is 232 g/mol. The Labute approximate surface area is 102 Å². The molecular weight excluding hydrogens is 212 g/mol. The zero-order valence-electron chi connectivity index (χ0n) is 10.5. The van der Waals surface area contributed by atoms with E-state index in [1.54, 1.807) is 0 Å². The predicted octanol–water partition coefficient (Wildman–Crippen LogP) is 3.01.